The van der Waals surface area contributed by atoms with Crippen LogP contribution in [0.5, 0.6) is 0 Å². The molecule has 0 spiro atoms. The number of hydrogen-bond donors (Lipinski definition) is 2. The predicted octanol–water partition coefficient (Wildman–Crippen LogP) is 1.18. The van der Waals surface area contributed by atoms with Crippen LogP contribution in [0.25, 0.3) is 0 Å². The van der Waals surface area contributed by atoms with Gasteiger partial charge in [0, 0.05) is 13.2 Å². The molecule has 0 rings (SSSR count). The molecule has 3 N–H and O–H groups in total. The summed E-state index contributed by atoms with van der Waals surface area (Å²) < 4.78 is 15.2. The molecule has 2 atom stereocenters. The van der Waals surface area contributed by atoms with Crippen LogP contribution in [0.4, 0.5) is 4.79 Å². The van der Waals surface area contributed by atoms with Gasteiger partial charge in [0.2, 0.25) is 0 Å². The summed E-state index contributed by atoms with van der Waals surface area (Å²) in [6.07, 6.45) is 3.73. The number of carbonyl (C=O) groups is 2. The Hall–Kier alpha value is -1.44. The van der Waals surface area contributed by atoms with Gasteiger partial charge in [0.25, 0.3) is 0 Å². The van der Waals surface area contributed by atoms with Gasteiger partial charge in [0.05, 0.1) is 12.6 Å². The highest BCUT2D eigenvalue weighted by molar-refractivity contribution is 5.85. The molecule has 7 nitrogen and oxygen atoms in total. The zero-order valence-electron chi connectivity index (χ0n) is 13.0. The van der Waals surface area contributed by atoms with E-state index in [1.54, 1.807) is 0 Å². The van der Waals surface area contributed by atoms with E-state index in [2.05, 4.69) is 10.1 Å². The molecular weight excluding hydrogens is 276 g/mol. The van der Waals surface area contributed by atoms with Crippen molar-refractivity contribution in [1.29, 1.82) is 0 Å². The Balaban J connectivity index is 4.30. The maximum Gasteiger partial charge on any atom is 0.415 e. The molecule has 0 fully saturated rings. The first-order valence-corrected chi connectivity index (χ1v) is 7.04. The molecule has 0 aliphatic rings. The van der Waals surface area contributed by atoms with E-state index in [0.717, 1.165) is 6.42 Å². The zero-order valence-corrected chi connectivity index (χ0v) is 13.0. The summed E-state index contributed by atoms with van der Waals surface area (Å²) in [5, 5.41) is 2.49. The number of nitrogens with two attached hydrogens (primary N) is 1. The number of rotatable bonds is 10. The van der Waals surface area contributed by atoms with E-state index in [4.69, 9.17) is 15.2 Å². The fourth-order valence-electron chi connectivity index (χ4n) is 1.51. The molecule has 0 aromatic carbocycles. The molecule has 0 saturated heterocycles. The molecule has 0 aromatic heterocycles. The fraction of sp³-hybridized carbons (Fsp3) is 0.714. The van der Waals surface area contributed by atoms with E-state index in [0.29, 0.717) is 6.61 Å². The van der Waals surface area contributed by atoms with E-state index in [1.807, 2.05) is 32.9 Å². The predicted molar refractivity (Wildman–Crippen MR) is 78.5 cm³/mol. The van der Waals surface area contributed by atoms with Crippen molar-refractivity contribution in [2.75, 3.05) is 26.5 Å². The standard InChI is InChI=1S/C14H26N2O5/c1-4-6-7-11(3)12(20-10-19-5-2)9-16-14(18)21-13(17)8-15/h4,6,11-12H,5,7-10,15H2,1-3H3,(H,16,18)/b6-4+. The van der Waals surface area contributed by atoms with Crippen molar-refractivity contribution < 1.29 is 23.8 Å². The number of carbonyl (C=O) groups excluding carboxylic acids is 2. The number of amides is 1. The Morgan fingerprint density at radius 3 is 2.67 bits per heavy atom. The second kappa shape index (κ2) is 12.3. The highest BCUT2D eigenvalue weighted by Crippen LogP contribution is 2.12. The first kappa shape index (κ1) is 19.6. The first-order chi connectivity index (χ1) is 10.0. The van der Waals surface area contributed by atoms with Gasteiger partial charge in [-0.2, -0.15) is 0 Å². The highest BCUT2D eigenvalue weighted by atomic mass is 16.7. The third kappa shape index (κ3) is 10.0. The minimum atomic E-state index is -0.825. The van der Waals surface area contributed by atoms with Crippen LogP contribution in [0, 0.1) is 5.92 Å². The Morgan fingerprint density at radius 1 is 1.38 bits per heavy atom. The largest absolute Gasteiger partial charge is 0.415 e. The average molecular weight is 302 g/mol. The van der Waals surface area contributed by atoms with Crippen molar-refractivity contribution in [3.05, 3.63) is 12.2 Å². The summed E-state index contributed by atoms with van der Waals surface area (Å²) >= 11 is 0. The molecule has 0 saturated carbocycles. The number of esters is 1. The maximum atomic E-state index is 11.4. The van der Waals surface area contributed by atoms with Gasteiger partial charge in [0.15, 0.2) is 0 Å². The van der Waals surface area contributed by atoms with Crippen LogP contribution >= 0.6 is 0 Å². The van der Waals surface area contributed by atoms with Gasteiger partial charge in [-0.25, -0.2) is 4.79 Å². The summed E-state index contributed by atoms with van der Waals surface area (Å²) in [5.41, 5.74) is 5.06. The van der Waals surface area contributed by atoms with Gasteiger partial charge >= 0.3 is 12.1 Å². The monoisotopic (exact) mass is 302 g/mol. The molecule has 21 heavy (non-hydrogen) atoms. The van der Waals surface area contributed by atoms with E-state index < -0.39 is 12.1 Å². The number of nitrogens with one attached hydrogen (secondary N) is 1. The molecule has 1 amide bonds. The lowest BCUT2D eigenvalue weighted by Crippen LogP contribution is -2.39. The van der Waals surface area contributed by atoms with Gasteiger partial charge in [-0.15, -0.1) is 0 Å². The molecule has 122 valence electrons. The molecule has 7 heteroatoms. The molecular formula is C14H26N2O5. The lowest BCUT2D eigenvalue weighted by Gasteiger charge is -2.23. The summed E-state index contributed by atoms with van der Waals surface area (Å²) in [4.78, 5) is 22.3. The number of hydrogen-bond acceptors (Lipinski definition) is 6. The quantitative estimate of drug-likeness (QED) is 0.207. The number of alkyl carbamates (subject to hydrolysis) is 1. The Kier molecular flexibility index (Phi) is 11.5. The molecule has 0 aromatic rings. The van der Waals surface area contributed by atoms with Crippen LogP contribution in [-0.4, -0.2) is 44.7 Å². The third-order valence-electron chi connectivity index (χ3n) is 2.77. The molecule has 0 aliphatic heterocycles. The maximum absolute atomic E-state index is 11.4. The number of allylic oxidation sites excluding steroid dienone is 2. The van der Waals surface area contributed by atoms with Crippen molar-refractivity contribution in [3.63, 3.8) is 0 Å². The normalized spacial score (nSPS) is 13.9. The van der Waals surface area contributed by atoms with Crippen LogP contribution in [-0.2, 0) is 19.0 Å². The van der Waals surface area contributed by atoms with Crippen molar-refractivity contribution >= 4 is 12.1 Å². The van der Waals surface area contributed by atoms with Crippen molar-refractivity contribution in [2.24, 2.45) is 11.7 Å². The summed E-state index contributed by atoms with van der Waals surface area (Å²) in [6, 6.07) is 0. The highest BCUT2D eigenvalue weighted by Gasteiger charge is 2.19. The minimum Gasteiger partial charge on any atom is -0.375 e. The average Bonchev–Trinajstić information content (AvgIpc) is 2.48. The van der Waals surface area contributed by atoms with Gasteiger partial charge in [-0.1, -0.05) is 19.1 Å². The first-order valence-electron chi connectivity index (χ1n) is 7.04. The summed E-state index contributed by atoms with van der Waals surface area (Å²) in [7, 11) is 0. The topological polar surface area (TPSA) is 99.9 Å². The molecule has 0 bridgehead atoms. The van der Waals surface area contributed by atoms with Gasteiger partial charge < -0.3 is 25.3 Å². The SMILES string of the molecule is C/C=C/CC(C)C(CNC(=O)OC(=O)CN)OCOCC. The lowest BCUT2D eigenvalue weighted by molar-refractivity contribution is -0.136. The second-order valence-electron chi connectivity index (χ2n) is 4.44. The minimum absolute atomic E-state index is 0.153. The molecule has 2 unspecified atom stereocenters. The summed E-state index contributed by atoms with van der Waals surface area (Å²) in [6.45, 7) is 6.41. The van der Waals surface area contributed by atoms with Crippen molar-refractivity contribution in [3.8, 4) is 0 Å². The smallest absolute Gasteiger partial charge is 0.375 e. The molecule has 0 heterocycles. The fourth-order valence-corrected chi connectivity index (χ4v) is 1.51. The van der Waals surface area contributed by atoms with Crippen LogP contribution in [0.3, 0.4) is 0 Å². The van der Waals surface area contributed by atoms with E-state index >= 15 is 0 Å². The van der Waals surface area contributed by atoms with Crippen molar-refractivity contribution in [2.45, 2.75) is 33.3 Å². The second-order valence-corrected chi connectivity index (χ2v) is 4.44. The van der Waals surface area contributed by atoms with Crippen LogP contribution in [0.1, 0.15) is 27.2 Å². The zero-order chi connectivity index (χ0) is 16.1. The molecule has 0 aliphatic carbocycles. The number of ether oxygens (including phenoxy) is 3. The summed E-state index contributed by atoms with van der Waals surface area (Å²) in [5.74, 6) is -0.603. The van der Waals surface area contributed by atoms with Crippen LogP contribution < -0.4 is 11.1 Å². The lowest BCUT2D eigenvalue weighted by atomic mass is 10.0. The molecule has 0 radical (unpaired) electrons. The third-order valence-corrected chi connectivity index (χ3v) is 2.77. The van der Waals surface area contributed by atoms with Crippen LogP contribution in [0.15, 0.2) is 12.2 Å². The van der Waals surface area contributed by atoms with Crippen LogP contribution in [0.2, 0.25) is 0 Å². The van der Waals surface area contributed by atoms with Gasteiger partial charge in [-0.05, 0) is 26.2 Å². The van der Waals surface area contributed by atoms with E-state index in [1.165, 1.54) is 0 Å². The Labute approximate surface area is 125 Å². The van der Waals surface area contributed by atoms with Crippen molar-refractivity contribution in [1.82, 2.24) is 5.32 Å². The van der Waals surface area contributed by atoms with E-state index in [-0.39, 0.29) is 31.9 Å². The Morgan fingerprint density at radius 2 is 2.10 bits per heavy atom. The van der Waals surface area contributed by atoms with E-state index in [9.17, 15) is 9.59 Å². The van der Waals surface area contributed by atoms with Gasteiger partial charge in [0.1, 0.15) is 6.79 Å². The Bertz CT molecular complexity index is 333. The van der Waals surface area contributed by atoms with Gasteiger partial charge in [-0.3, -0.25) is 4.79 Å².